The van der Waals surface area contributed by atoms with Crippen LogP contribution in [0.1, 0.15) is 63.7 Å². The summed E-state index contributed by atoms with van der Waals surface area (Å²) in [6.45, 7) is 2.26. The van der Waals surface area contributed by atoms with E-state index in [2.05, 4.69) is 30.4 Å². The monoisotopic (exact) mass is 273 g/mol. The number of unbranched alkanes of at least 4 members (excludes halogenated alkanes) is 5. The van der Waals surface area contributed by atoms with Gasteiger partial charge in [0.1, 0.15) is 11.3 Å². The zero-order chi connectivity index (χ0) is 14.2. The Morgan fingerprint density at radius 2 is 1.80 bits per heavy atom. The quantitative estimate of drug-likeness (QED) is 0.615. The third kappa shape index (κ3) is 4.11. The van der Waals surface area contributed by atoms with Crippen LogP contribution in [0.3, 0.4) is 0 Å². The molecule has 1 aromatic heterocycles. The maximum absolute atomic E-state index is 5.95. The van der Waals surface area contributed by atoms with Crippen molar-refractivity contribution in [2.24, 2.45) is 0 Å². The van der Waals surface area contributed by atoms with Gasteiger partial charge in [-0.3, -0.25) is 0 Å². The number of para-hydroxylation sites is 1. The van der Waals surface area contributed by atoms with Crippen molar-refractivity contribution >= 4 is 11.0 Å². The number of rotatable bonds is 9. The lowest BCUT2D eigenvalue weighted by Crippen LogP contribution is -2.15. The molecule has 0 saturated heterocycles. The molecule has 2 aromatic rings. The molecular weight excluding hydrogens is 246 g/mol. The van der Waals surface area contributed by atoms with Crippen LogP contribution in [-0.2, 0) is 0 Å². The van der Waals surface area contributed by atoms with Gasteiger partial charge in [-0.25, -0.2) is 0 Å². The number of hydrogen-bond donors (Lipinski definition) is 1. The van der Waals surface area contributed by atoms with Crippen molar-refractivity contribution in [1.82, 2.24) is 5.32 Å². The largest absolute Gasteiger partial charge is 0.459 e. The molecule has 110 valence electrons. The van der Waals surface area contributed by atoms with Gasteiger partial charge in [-0.15, -0.1) is 0 Å². The van der Waals surface area contributed by atoms with Gasteiger partial charge < -0.3 is 9.73 Å². The van der Waals surface area contributed by atoms with Crippen molar-refractivity contribution in [3.8, 4) is 0 Å². The van der Waals surface area contributed by atoms with Crippen LogP contribution in [0.5, 0.6) is 0 Å². The lowest BCUT2D eigenvalue weighted by Gasteiger charge is -2.13. The molecule has 0 aliphatic heterocycles. The van der Waals surface area contributed by atoms with Crippen molar-refractivity contribution in [2.75, 3.05) is 7.05 Å². The lowest BCUT2D eigenvalue weighted by atomic mass is 10.0. The van der Waals surface area contributed by atoms with Crippen LogP contribution in [0, 0.1) is 0 Å². The van der Waals surface area contributed by atoms with Crippen molar-refractivity contribution in [2.45, 2.75) is 57.9 Å². The first-order valence-electron chi connectivity index (χ1n) is 8.01. The summed E-state index contributed by atoms with van der Waals surface area (Å²) in [5.74, 6) is 1.07. The van der Waals surface area contributed by atoms with Crippen LogP contribution >= 0.6 is 0 Å². The van der Waals surface area contributed by atoms with Crippen LogP contribution in [-0.4, -0.2) is 7.05 Å². The van der Waals surface area contributed by atoms with E-state index in [0.717, 1.165) is 17.8 Å². The Hall–Kier alpha value is -1.28. The van der Waals surface area contributed by atoms with E-state index in [1.807, 2.05) is 19.2 Å². The minimum Gasteiger partial charge on any atom is -0.459 e. The van der Waals surface area contributed by atoms with Gasteiger partial charge in [0.15, 0.2) is 0 Å². The highest BCUT2D eigenvalue weighted by atomic mass is 16.3. The number of nitrogens with one attached hydrogen (secondary N) is 1. The van der Waals surface area contributed by atoms with Crippen molar-refractivity contribution in [3.05, 3.63) is 36.1 Å². The van der Waals surface area contributed by atoms with Crippen LogP contribution in [0.15, 0.2) is 34.7 Å². The van der Waals surface area contributed by atoms with E-state index in [1.165, 1.54) is 43.9 Å². The molecule has 20 heavy (non-hydrogen) atoms. The third-order valence-corrected chi connectivity index (χ3v) is 3.98. The highest BCUT2D eigenvalue weighted by Gasteiger charge is 2.13. The van der Waals surface area contributed by atoms with Gasteiger partial charge in [0.25, 0.3) is 0 Å². The Bertz CT molecular complexity index is 470. The smallest absolute Gasteiger partial charge is 0.134 e. The molecule has 1 unspecified atom stereocenters. The molecule has 1 N–H and O–H groups in total. The minimum absolute atomic E-state index is 0.341. The summed E-state index contributed by atoms with van der Waals surface area (Å²) in [5.41, 5.74) is 0.991. The average Bonchev–Trinajstić information content (AvgIpc) is 2.90. The average molecular weight is 273 g/mol. The fourth-order valence-corrected chi connectivity index (χ4v) is 2.73. The third-order valence-electron chi connectivity index (χ3n) is 3.98. The zero-order valence-electron chi connectivity index (χ0n) is 12.8. The Kier molecular flexibility index (Phi) is 6.13. The van der Waals surface area contributed by atoms with E-state index in [1.54, 1.807) is 0 Å². The summed E-state index contributed by atoms with van der Waals surface area (Å²) >= 11 is 0. The molecule has 1 heterocycles. The standard InChI is InChI=1S/C18H27NO/c1-3-4-5-6-7-8-12-16(19-2)18-14-15-11-9-10-13-17(15)20-18/h9-11,13-14,16,19H,3-8,12H2,1-2H3. The normalized spacial score (nSPS) is 12.9. The van der Waals surface area contributed by atoms with Gasteiger partial charge in [-0.05, 0) is 25.6 Å². The van der Waals surface area contributed by atoms with Crippen LogP contribution in [0.4, 0.5) is 0 Å². The molecule has 0 saturated carbocycles. The second-order valence-corrected chi connectivity index (χ2v) is 5.58. The SMILES string of the molecule is CCCCCCCCC(NC)c1cc2ccccc2o1. The molecule has 0 aliphatic rings. The molecule has 0 spiro atoms. The predicted molar refractivity (Wildman–Crippen MR) is 86.0 cm³/mol. The van der Waals surface area contributed by atoms with Crippen molar-refractivity contribution in [3.63, 3.8) is 0 Å². The van der Waals surface area contributed by atoms with Crippen molar-refractivity contribution < 1.29 is 4.42 Å². The van der Waals surface area contributed by atoms with Gasteiger partial charge >= 0.3 is 0 Å². The van der Waals surface area contributed by atoms with E-state index in [4.69, 9.17) is 4.42 Å². The minimum atomic E-state index is 0.341. The molecule has 0 amide bonds. The molecule has 0 fully saturated rings. The second-order valence-electron chi connectivity index (χ2n) is 5.58. The maximum Gasteiger partial charge on any atom is 0.134 e. The highest BCUT2D eigenvalue weighted by molar-refractivity contribution is 5.77. The Morgan fingerprint density at radius 3 is 2.55 bits per heavy atom. The molecule has 0 radical (unpaired) electrons. The summed E-state index contributed by atoms with van der Waals surface area (Å²) in [7, 11) is 2.02. The highest BCUT2D eigenvalue weighted by Crippen LogP contribution is 2.26. The summed E-state index contributed by atoms with van der Waals surface area (Å²) in [6.07, 6.45) is 9.19. The molecule has 1 aromatic carbocycles. The number of hydrogen-bond acceptors (Lipinski definition) is 2. The van der Waals surface area contributed by atoms with Crippen LogP contribution in [0.25, 0.3) is 11.0 Å². The summed E-state index contributed by atoms with van der Waals surface area (Å²) in [5, 5.41) is 4.59. The molecule has 2 heteroatoms. The van der Waals surface area contributed by atoms with E-state index >= 15 is 0 Å². The molecular formula is C18H27NO. The first-order chi connectivity index (χ1) is 9.85. The molecule has 2 rings (SSSR count). The van der Waals surface area contributed by atoms with E-state index < -0.39 is 0 Å². The Balaban J connectivity index is 1.84. The van der Waals surface area contributed by atoms with Crippen LogP contribution < -0.4 is 5.32 Å². The molecule has 2 nitrogen and oxygen atoms in total. The summed E-state index contributed by atoms with van der Waals surface area (Å²) in [6, 6.07) is 10.7. The molecule has 0 aliphatic carbocycles. The van der Waals surface area contributed by atoms with Gasteiger partial charge in [0.2, 0.25) is 0 Å². The summed E-state index contributed by atoms with van der Waals surface area (Å²) in [4.78, 5) is 0. The number of benzene rings is 1. The van der Waals surface area contributed by atoms with Gasteiger partial charge in [0, 0.05) is 5.39 Å². The first-order valence-corrected chi connectivity index (χ1v) is 8.01. The lowest BCUT2D eigenvalue weighted by molar-refractivity contribution is 0.416. The second kappa shape index (κ2) is 8.11. The van der Waals surface area contributed by atoms with E-state index in [0.29, 0.717) is 6.04 Å². The van der Waals surface area contributed by atoms with Gasteiger partial charge in [0.05, 0.1) is 6.04 Å². The van der Waals surface area contributed by atoms with Crippen molar-refractivity contribution in [1.29, 1.82) is 0 Å². The fourth-order valence-electron chi connectivity index (χ4n) is 2.73. The summed E-state index contributed by atoms with van der Waals surface area (Å²) < 4.78 is 5.95. The topological polar surface area (TPSA) is 25.2 Å². The predicted octanol–water partition coefficient (Wildman–Crippen LogP) is 5.44. The molecule has 0 bridgehead atoms. The first kappa shape index (κ1) is 15.1. The fraction of sp³-hybridized carbons (Fsp3) is 0.556. The number of furan rings is 1. The van der Waals surface area contributed by atoms with Gasteiger partial charge in [-0.2, -0.15) is 0 Å². The zero-order valence-corrected chi connectivity index (χ0v) is 12.8. The Morgan fingerprint density at radius 1 is 1.05 bits per heavy atom. The van der Waals surface area contributed by atoms with Gasteiger partial charge in [-0.1, -0.05) is 63.6 Å². The van der Waals surface area contributed by atoms with Crippen LogP contribution in [0.2, 0.25) is 0 Å². The van der Waals surface area contributed by atoms with E-state index in [-0.39, 0.29) is 0 Å². The maximum atomic E-state index is 5.95. The Labute approximate surface area is 122 Å². The van der Waals surface area contributed by atoms with E-state index in [9.17, 15) is 0 Å². The number of fused-ring (bicyclic) bond motifs is 1. The molecule has 1 atom stereocenters.